The number of amides is 1. The van der Waals surface area contributed by atoms with E-state index in [1.165, 1.54) is 0 Å². The summed E-state index contributed by atoms with van der Waals surface area (Å²) in [7, 11) is 0. The maximum Gasteiger partial charge on any atom is 0.338 e. The molecule has 5 nitrogen and oxygen atoms in total. The van der Waals surface area contributed by atoms with Gasteiger partial charge in [0.05, 0.1) is 11.3 Å². The Morgan fingerprint density at radius 3 is 2.75 bits per heavy atom. The number of rotatable bonds is 3. The van der Waals surface area contributed by atoms with Crippen molar-refractivity contribution in [2.75, 3.05) is 5.32 Å². The van der Waals surface area contributed by atoms with Crippen LogP contribution >= 0.6 is 0 Å². The first kappa shape index (κ1) is 14.5. The van der Waals surface area contributed by atoms with Crippen LogP contribution in [0.1, 0.15) is 41.6 Å². The molecular formula is C15H20N2O3. The molecule has 1 fully saturated rings. The number of anilines is 1. The third-order valence-electron chi connectivity index (χ3n) is 3.83. The van der Waals surface area contributed by atoms with Crippen molar-refractivity contribution in [3.8, 4) is 0 Å². The van der Waals surface area contributed by atoms with E-state index in [0.29, 0.717) is 17.7 Å². The van der Waals surface area contributed by atoms with E-state index < -0.39 is 5.97 Å². The van der Waals surface area contributed by atoms with Crippen LogP contribution in [0.25, 0.3) is 0 Å². The van der Waals surface area contributed by atoms with E-state index in [1.807, 2.05) is 0 Å². The van der Waals surface area contributed by atoms with Gasteiger partial charge in [0.2, 0.25) is 5.91 Å². The van der Waals surface area contributed by atoms with Crippen molar-refractivity contribution in [1.82, 2.24) is 0 Å². The Morgan fingerprint density at radius 1 is 1.35 bits per heavy atom. The number of nitrogens with one attached hydrogen (secondary N) is 1. The first-order valence-electron chi connectivity index (χ1n) is 6.88. The zero-order valence-electron chi connectivity index (χ0n) is 11.6. The summed E-state index contributed by atoms with van der Waals surface area (Å²) in [5.74, 6) is -1.28. The molecule has 2 unspecified atom stereocenters. The van der Waals surface area contributed by atoms with Gasteiger partial charge in [-0.3, -0.25) is 4.79 Å². The number of hydrogen-bond acceptors (Lipinski definition) is 3. The Hall–Kier alpha value is -1.88. The minimum atomic E-state index is -1.03. The van der Waals surface area contributed by atoms with E-state index in [-0.39, 0.29) is 23.4 Å². The lowest BCUT2D eigenvalue weighted by Gasteiger charge is -2.26. The normalized spacial score (nSPS) is 22.3. The lowest BCUT2D eigenvalue weighted by atomic mass is 9.85. The van der Waals surface area contributed by atoms with Crippen LogP contribution in [0.5, 0.6) is 0 Å². The van der Waals surface area contributed by atoms with E-state index in [0.717, 1.165) is 19.3 Å². The topological polar surface area (TPSA) is 92.4 Å². The molecule has 0 heterocycles. The molecule has 1 saturated carbocycles. The number of hydrogen-bond donors (Lipinski definition) is 3. The number of nitrogens with two attached hydrogens (primary N) is 1. The third kappa shape index (κ3) is 3.17. The van der Waals surface area contributed by atoms with Gasteiger partial charge in [-0.25, -0.2) is 4.79 Å². The van der Waals surface area contributed by atoms with Gasteiger partial charge in [0.25, 0.3) is 0 Å². The van der Waals surface area contributed by atoms with Gasteiger partial charge in [-0.1, -0.05) is 18.6 Å². The summed E-state index contributed by atoms with van der Waals surface area (Å²) in [6, 6.07) is 5.15. The summed E-state index contributed by atoms with van der Waals surface area (Å²) in [6.45, 7) is 1.72. The summed E-state index contributed by atoms with van der Waals surface area (Å²) < 4.78 is 0. The second-order valence-corrected chi connectivity index (χ2v) is 5.42. The first-order valence-corrected chi connectivity index (χ1v) is 6.88. The van der Waals surface area contributed by atoms with Gasteiger partial charge in [-0.2, -0.15) is 0 Å². The van der Waals surface area contributed by atoms with Crippen molar-refractivity contribution >= 4 is 17.6 Å². The third-order valence-corrected chi connectivity index (χ3v) is 3.83. The number of benzene rings is 1. The Balaban J connectivity index is 2.15. The molecule has 1 aromatic carbocycles. The zero-order chi connectivity index (χ0) is 14.7. The van der Waals surface area contributed by atoms with Gasteiger partial charge in [-0.15, -0.1) is 0 Å². The number of aromatic carboxylic acids is 1. The molecule has 5 heteroatoms. The monoisotopic (exact) mass is 276 g/mol. The molecular weight excluding hydrogens is 256 g/mol. The number of carbonyl (C=O) groups excluding carboxylic acids is 1. The van der Waals surface area contributed by atoms with Crippen molar-refractivity contribution in [1.29, 1.82) is 0 Å². The molecule has 0 aromatic heterocycles. The Bertz CT molecular complexity index is 528. The molecule has 1 amide bonds. The maximum absolute atomic E-state index is 12.2. The highest BCUT2D eigenvalue weighted by Crippen LogP contribution is 2.26. The van der Waals surface area contributed by atoms with Crippen LogP contribution in [0.15, 0.2) is 18.2 Å². The Morgan fingerprint density at radius 2 is 2.10 bits per heavy atom. The largest absolute Gasteiger partial charge is 0.478 e. The smallest absolute Gasteiger partial charge is 0.338 e. The standard InChI is InChI=1S/C15H20N2O3/c1-9-4-2-7-12(13(9)15(19)20)17-14(18)10-5-3-6-11(16)8-10/h2,4,7,10-11H,3,5-6,8,16H2,1H3,(H,17,18)(H,19,20). The highest BCUT2D eigenvalue weighted by atomic mass is 16.4. The molecule has 0 bridgehead atoms. The molecule has 0 aliphatic heterocycles. The summed E-state index contributed by atoms with van der Waals surface area (Å²) in [5.41, 5.74) is 7.04. The van der Waals surface area contributed by atoms with E-state index in [4.69, 9.17) is 5.73 Å². The van der Waals surface area contributed by atoms with Crippen LogP contribution in [0.3, 0.4) is 0 Å². The summed E-state index contributed by atoms with van der Waals surface area (Å²) in [4.78, 5) is 23.5. The van der Waals surface area contributed by atoms with Gasteiger partial charge in [0, 0.05) is 12.0 Å². The summed E-state index contributed by atoms with van der Waals surface area (Å²) in [5, 5.41) is 12.0. The summed E-state index contributed by atoms with van der Waals surface area (Å²) in [6.07, 6.45) is 3.38. The predicted octanol–water partition coefficient (Wildman–Crippen LogP) is 2.15. The van der Waals surface area contributed by atoms with E-state index in [1.54, 1.807) is 25.1 Å². The fourth-order valence-corrected chi connectivity index (χ4v) is 2.76. The molecule has 2 atom stereocenters. The van der Waals surface area contributed by atoms with E-state index >= 15 is 0 Å². The van der Waals surface area contributed by atoms with Gasteiger partial charge in [-0.05, 0) is 37.8 Å². The second-order valence-electron chi connectivity index (χ2n) is 5.42. The van der Waals surface area contributed by atoms with Crippen molar-refractivity contribution in [3.05, 3.63) is 29.3 Å². The van der Waals surface area contributed by atoms with Crippen LogP contribution in [0.4, 0.5) is 5.69 Å². The Labute approximate surface area is 118 Å². The van der Waals surface area contributed by atoms with Gasteiger partial charge >= 0.3 is 5.97 Å². The minimum Gasteiger partial charge on any atom is -0.478 e. The maximum atomic E-state index is 12.2. The average Bonchev–Trinajstić information content (AvgIpc) is 2.38. The number of aryl methyl sites for hydroxylation is 1. The molecule has 1 aromatic rings. The van der Waals surface area contributed by atoms with Crippen molar-refractivity contribution in [3.63, 3.8) is 0 Å². The second kappa shape index (κ2) is 6.05. The van der Waals surface area contributed by atoms with Gasteiger partial charge in [0.15, 0.2) is 0 Å². The van der Waals surface area contributed by atoms with Gasteiger partial charge in [0.1, 0.15) is 0 Å². The number of carbonyl (C=O) groups is 2. The Kier molecular flexibility index (Phi) is 4.39. The summed E-state index contributed by atoms with van der Waals surface area (Å²) >= 11 is 0. The number of carboxylic acid groups (broad SMARTS) is 1. The average molecular weight is 276 g/mol. The molecule has 0 spiro atoms. The molecule has 4 N–H and O–H groups in total. The fourth-order valence-electron chi connectivity index (χ4n) is 2.76. The van der Waals surface area contributed by atoms with Crippen LogP contribution in [-0.2, 0) is 4.79 Å². The van der Waals surface area contributed by atoms with Crippen LogP contribution in [0, 0.1) is 12.8 Å². The minimum absolute atomic E-state index is 0.0657. The van der Waals surface area contributed by atoms with Crippen molar-refractivity contribution in [2.45, 2.75) is 38.6 Å². The van der Waals surface area contributed by atoms with Gasteiger partial charge < -0.3 is 16.2 Å². The highest BCUT2D eigenvalue weighted by Gasteiger charge is 2.26. The highest BCUT2D eigenvalue weighted by molar-refractivity contribution is 6.02. The SMILES string of the molecule is Cc1cccc(NC(=O)C2CCCC(N)C2)c1C(=O)O. The zero-order valence-corrected chi connectivity index (χ0v) is 11.6. The predicted molar refractivity (Wildman–Crippen MR) is 76.7 cm³/mol. The molecule has 20 heavy (non-hydrogen) atoms. The van der Waals surface area contributed by atoms with E-state index in [2.05, 4.69) is 5.32 Å². The molecule has 0 saturated heterocycles. The van der Waals surface area contributed by atoms with Crippen LogP contribution < -0.4 is 11.1 Å². The molecule has 108 valence electrons. The van der Waals surface area contributed by atoms with Crippen molar-refractivity contribution in [2.24, 2.45) is 11.7 Å². The fraction of sp³-hybridized carbons (Fsp3) is 0.467. The number of carboxylic acids is 1. The lowest BCUT2D eigenvalue weighted by Crippen LogP contribution is -2.34. The molecule has 2 rings (SSSR count). The quantitative estimate of drug-likeness (QED) is 0.788. The molecule has 0 radical (unpaired) electrons. The lowest BCUT2D eigenvalue weighted by molar-refractivity contribution is -0.120. The first-order chi connectivity index (χ1) is 9.49. The van der Waals surface area contributed by atoms with E-state index in [9.17, 15) is 14.7 Å². The van der Waals surface area contributed by atoms with Crippen LogP contribution in [0.2, 0.25) is 0 Å². The molecule has 1 aliphatic carbocycles. The van der Waals surface area contributed by atoms with Crippen molar-refractivity contribution < 1.29 is 14.7 Å². The molecule has 1 aliphatic rings. The van der Waals surface area contributed by atoms with Crippen LogP contribution in [-0.4, -0.2) is 23.0 Å².